The molecular formula is C19H22Cl2N2O4S. The molecule has 0 heterocycles. The second-order valence-corrected chi connectivity index (χ2v) is 9.03. The quantitative estimate of drug-likeness (QED) is 0.670. The van der Waals surface area contributed by atoms with Crippen molar-refractivity contribution in [2.45, 2.75) is 37.8 Å². The molecule has 152 valence electrons. The van der Waals surface area contributed by atoms with Gasteiger partial charge in [-0.25, -0.2) is 13.1 Å². The Morgan fingerprint density at radius 1 is 1.07 bits per heavy atom. The van der Waals surface area contributed by atoms with Crippen LogP contribution in [0.2, 0.25) is 10.0 Å². The number of sulfonamides is 1. The van der Waals surface area contributed by atoms with Gasteiger partial charge in [-0.15, -0.1) is 0 Å². The number of amides is 1. The molecule has 6 nitrogen and oxygen atoms in total. The van der Waals surface area contributed by atoms with Crippen LogP contribution in [0.4, 0.5) is 0 Å². The highest BCUT2D eigenvalue weighted by Crippen LogP contribution is 2.28. The Morgan fingerprint density at radius 2 is 1.75 bits per heavy atom. The zero-order valence-corrected chi connectivity index (χ0v) is 18.2. The highest BCUT2D eigenvalue weighted by Gasteiger charge is 2.23. The topological polar surface area (TPSA) is 84.5 Å². The van der Waals surface area contributed by atoms with E-state index in [0.717, 1.165) is 0 Å². The van der Waals surface area contributed by atoms with Crippen LogP contribution in [-0.2, 0) is 10.0 Å². The highest BCUT2D eigenvalue weighted by atomic mass is 35.5. The summed E-state index contributed by atoms with van der Waals surface area (Å²) in [6, 6.07) is 8.52. The van der Waals surface area contributed by atoms with E-state index in [9.17, 15) is 13.2 Å². The van der Waals surface area contributed by atoms with Gasteiger partial charge >= 0.3 is 0 Å². The van der Waals surface area contributed by atoms with Crippen LogP contribution in [0.15, 0.2) is 41.3 Å². The summed E-state index contributed by atoms with van der Waals surface area (Å²) in [5.41, 5.74) is 0.879. The van der Waals surface area contributed by atoms with Crippen LogP contribution in [0.3, 0.4) is 0 Å². The van der Waals surface area contributed by atoms with E-state index >= 15 is 0 Å². The molecule has 0 spiro atoms. The summed E-state index contributed by atoms with van der Waals surface area (Å²) in [5.74, 6) is -0.291. The Balaban J connectivity index is 2.32. The maximum Gasteiger partial charge on any atom is 0.251 e. The molecular weight excluding hydrogens is 423 g/mol. The van der Waals surface area contributed by atoms with Crippen LogP contribution in [-0.4, -0.2) is 27.5 Å². The smallest absolute Gasteiger partial charge is 0.251 e. The van der Waals surface area contributed by atoms with Gasteiger partial charge in [0, 0.05) is 21.7 Å². The minimum absolute atomic E-state index is 0.103. The predicted molar refractivity (Wildman–Crippen MR) is 111 cm³/mol. The van der Waals surface area contributed by atoms with Crippen molar-refractivity contribution in [1.82, 2.24) is 10.0 Å². The Morgan fingerprint density at radius 3 is 2.32 bits per heavy atom. The van der Waals surface area contributed by atoms with Gasteiger partial charge in [-0.1, -0.05) is 29.3 Å². The normalized spacial score (nSPS) is 12.7. The lowest BCUT2D eigenvalue weighted by molar-refractivity contribution is 0.0939. The van der Waals surface area contributed by atoms with Crippen LogP contribution >= 0.6 is 23.2 Å². The monoisotopic (exact) mass is 444 g/mol. The first-order valence-electron chi connectivity index (χ1n) is 8.51. The van der Waals surface area contributed by atoms with Crippen LogP contribution in [0.1, 0.15) is 42.7 Å². The summed E-state index contributed by atoms with van der Waals surface area (Å²) >= 11 is 12.1. The third-order valence-electron chi connectivity index (χ3n) is 3.88. The van der Waals surface area contributed by atoms with Crippen LogP contribution in [0.5, 0.6) is 5.75 Å². The maximum absolute atomic E-state index is 12.7. The van der Waals surface area contributed by atoms with E-state index < -0.39 is 22.0 Å². The summed E-state index contributed by atoms with van der Waals surface area (Å²) in [7, 11) is -2.47. The molecule has 0 saturated carbocycles. The standard InChI is InChI=1S/C19H22Cl2N2O4S/c1-11(2)23-28(25,26)18-9-13(5-8-17(18)27-4)19(24)22-12(3)15-7-6-14(20)10-16(15)21/h5-12,23H,1-4H3,(H,22,24). The zero-order chi connectivity index (χ0) is 21.1. The molecule has 28 heavy (non-hydrogen) atoms. The maximum atomic E-state index is 12.7. The summed E-state index contributed by atoms with van der Waals surface area (Å²) in [6.45, 7) is 5.19. The van der Waals surface area contributed by atoms with Gasteiger partial charge in [-0.3, -0.25) is 4.79 Å². The molecule has 1 atom stereocenters. The van der Waals surface area contributed by atoms with Crippen molar-refractivity contribution in [3.63, 3.8) is 0 Å². The van der Waals surface area contributed by atoms with E-state index in [-0.39, 0.29) is 22.3 Å². The second-order valence-electron chi connectivity index (χ2n) is 6.50. The first-order chi connectivity index (χ1) is 13.0. The summed E-state index contributed by atoms with van der Waals surface area (Å²) in [5, 5.41) is 3.73. The van der Waals surface area contributed by atoms with Gasteiger partial charge in [0.15, 0.2) is 0 Å². The Kier molecular flexibility index (Phi) is 7.33. The third-order valence-corrected chi connectivity index (χ3v) is 6.12. The molecule has 0 radical (unpaired) electrons. The average Bonchev–Trinajstić information content (AvgIpc) is 2.59. The Labute approximate surface area is 175 Å². The van der Waals surface area contributed by atoms with Gasteiger partial charge in [0.05, 0.1) is 13.2 Å². The Bertz CT molecular complexity index is 978. The molecule has 2 aromatic rings. The molecule has 0 aliphatic rings. The fraction of sp³-hybridized carbons (Fsp3) is 0.316. The summed E-state index contributed by atoms with van der Waals surface area (Å²) < 4.78 is 32.8. The predicted octanol–water partition coefficient (Wildman–Crippen LogP) is 4.18. The van der Waals surface area contributed by atoms with Gasteiger partial charge in [0.1, 0.15) is 10.6 Å². The van der Waals surface area contributed by atoms with Gasteiger partial charge in [-0.05, 0) is 56.7 Å². The van der Waals surface area contributed by atoms with Crippen LogP contribution in [0.25, 0.3) is 0 Å². The second kappa shape index (κ2) is 9.13. The number of benzene rings is 2. The molecule has 0 aliphatic carbocycles. The van der Waals surface area contributed by atoms with E-state index in [2.05, 4.69) is 10.0 Å². The molecule has 0 fully saturated rings. The van der Waals surface area contributed by atoms with Crippen molar-refractivity contribution in [2.75, 3.05) is 7.11 Å². The number of ether oxygens (including phenoxy) is 1. The van der Waals surface area contributed by atoms with Gasteiger partial charge in [0.25, 0.3) is 5.91 Å². The third kappa shape index (κ3) is 5.38. The van der Waals surface area contributed by atoms with E-state index in [1.165, 1.54) is 25.3 Å². The van der Waals surface area contributed by atoms with Gasteiger partial charge in [0.2, 0.25) is 10.0 Å². The molecule has 9 heteroatoms. The summed E-state index contributed by atoms with van der Waals surface area (Å²) in [4.78, 5) is 12.6. The first-order valence-corrected chi connectivity index (χ1v) is 10.7. The van der Waals surface area contributed by atoms with E-state index in [4.69, 9.17) is 27.9 Å². The number of carbonyl (C=O) groups excluding carboxylic acids is 1. The first kappa shape index (κ1) is 22.5. The number of carbonyl (C=O) groups is 1. The number of hydrogen-bond donors (Lipinski definition) is 2. The fourth-order valence-electron chi connectivity index (χ4n) is 2.61. The van der Waals surface area contributed by atoms with E-state index in [1.54, 1.807) is 39.0 Å². The molecule has 2 rings (SSSR count). The number of nitrogens with one attached hydrogen (secondary N) is 2. The van der Waals surface area contributed by atoms with Crippen molar-refractivity contribution in [3.8, 4) is 5.75 Å². The van der Waals surface area contributed by atoms with Gasteiger partial charge in [-0.2, -0.15) is 0 Å². The van der Waals surface area contributed by atoms with E-state index in [0.29, 0.717) is 15.6 Å². The molecule has 0 bridgehead atoms. The zero-order valence-electron chi connectivity index (χ0n) is 15.9. The lowest BCUT2D eigenvalue weighted by atomic mass is 10.1. The largest absolute Gasteiger partial charge is 0.495 e. The molecule has 0 aromatic heterocycles. The number of halogens is 2. The average molecular weight is 445 g/mol. The van der Waals surface area contributed by atoms with Crippen molar-refractivity contribution in [2.24, 2.45) is 0 Å². The van der Waals surface area contributed by atoms with Crippen molar-refractivity contribution < 1.29 is 17.9 Å². The molecule has 1 unspecified atom stereocenters. The minimum atomic E-state index is -3.84. The van der Waals surface area contributed by atoms with Crippen LogP contribution < -0.4 is 14.8 Å². The van der Waals surface area contributed by atoms with Crippen molar-refractivity contribution in [1.29, 1.82) is 0 Å². The molecule has 1 amide bonds. The molecule has 0 saturated heterocycles. The fourth-order valence-corrected chi connectivity index (χ4v) is 4.63. The number of hydrogen-bond acceptors (Lipinski definition) is 4. The highest BCUT2D eigenvalue weighted by molar-refractivity contribution is 7.89. The number of methoxy groups -OCH3 is 1. The SMILES string of the molecule is COc1ccc(C(=O)NC(C)c2ccc(Cl)cc2Cl)cc1S(=O)(=O)NC(C)C. The minimum Gasteiger partial charge on any atom is -0.495 e. The molecule has 0 aliphatic heterocycles. The lowest BCUT2D eigenvalue weighted by Gasteiger charge is -2.17. The summed E-state index contributed by atoms with van der Waals surface area (Å²) in [6.07, 6.45) is 0. The van der Waals surface area contributed by atoms with Crippen molar-refractivity contribution in [3.05, 3.63) is 57.6 Å². The van der Waals surface area contributed by atoms with Crippen LogP contribution in [0, 0.1) is 0 Å². The van der Waals surface area contributed by atoms with Crippen molar-refractivity contribution >= 4 is 39.1 Å². The Hall–Kier alpha value is -1.80. The van der Waals surface area contributed by atoms with E-state index in [1.807, 2.05) is 0 Å². The lowest BCUT2D eigenvalue weighted by Crippen LogP contribution is -2.31. The molecule has 2 N–H and O–H groups in total. The van der Waals surface area contributed by atoms with Gasteiger partial charge < -0.3 is 10.1 Å². The number of rotatable bonds is 7. The molecule has 2 aromatic carbocycles.